The number of fused-ring (bicyclic) bond motifs is 1. The molecule has 6 nitrogen and oxygen atoms in total. The van der Waals surface area contributed by atoms with Gasteiger partial charge in [0, 0.05) is 12.4 Å². The molecule has 0 radical (unpaired) electrons. The zero-order chi connectivity index (χ0) is 11.7. The largest absolute Gasteiger partial charge is 0.481 e. The van der Waals surface area contributed by atoms with Crippen molar-refractivity contribution in [1.29, 1.82) is 0 Å². The summed E-state index contributed by atoms with van der Waals surface area (Å²) >= 11 is 0. The second-order valence-corrected chi connectivity index (χ2v) is 3.58. The lowest BCUT2D eigenvalue weighted by atomic mass is 10.1. The Hall–Kier alpha value is -1.95. The van der Waals surface area contributed by atoms with Gasteiger partial charge in [0.05, 0.1) is 23.9 Å². The second-order valence-electron chi connectivity index (χ2n) is 3.58. The number of nitrogens with zero attached hydrogens (tertiary/aromatic N) is 3. The third-order valence-corrected chi connectivity index (χ3v) is 2.37. The molecule has 2 heterocycles. The standard InChI is InChI=1S/C10H12N4O2/c1-6-9(7(11)5-8(15)16)14-4-2-3-12-10(14)13-6/h2-4,7H,5,11H2,1H3,(H,15,16). The Balaban J connectivity index is 2.50. The third kappa shape index (κ3) is 1.74. The average Bonchev–Trinajstić information content (AvgIpc) is 2.52. The van der Waals surface area contributed by atoms with E-state index in [9.17, 15) is 4.79 Å². The molecule has 0 aromatic carbocycles. The van der Waals surface area contributed by atoms with Crippen LogP contribution in [0.25, 0.3) is 5.78 Å². The zero-order valence-corrected chi connectivity index (χ0v) is 8.79. The van der Waals surface area contributed by atoms with Crippen LogP contribution in [-0.4, -0.2) is 25.4 Å². The Morgan fingerprint density at radius 3 is 3.12 bits per heavy atom. The van der Waals surface area contributed by atoms with Crippen molar-refractivity contribution in [2.75, 3.05) is 0 Å². The van der Waals surface area contributed by atoms with Crippen LogP contribution in [0.5, 0.6) is 0 Å². The van der Waals surface area contributed by atoms with E-state index >= 15 is 0 Å². The number of hydrogen-bond acceptors (Lipinski definition) is 4. The molecule has 0 aliphatic carbocycles. The van der Waals surface area contributed by atoms with Gasteiger partial charge in [-0.1, -0.05) is 0 Å². The number of carboxylic acid groups (broad SMARTS) is 1. The molecule has 2 aromatic rings. The molecular weight excluding hydrogens is 208 g/mol. The topological polar surface area (TPSA) is 93.5 Å². The molecule has 1 unspecified atom stereocenters. The van der Waals surface area contributed by atoms with E-state index in [0.717, 1.165) is 0 Å². The molecule has 0 fully saturated rings. The highest BCUT2D eigenvalue weighted by atomic mass is 16.4. The van der Waals surface area contributed by atoms with Gasteiger partial charge < -0.3 is 10.8 Å². The van der Waals surface area contributed by atoms with Crippen LogP contribution in [0.4, 0.5) is 0 Å². The molecule has 2 aromatic heterocycles. The van der Waals surface area contributed by atoms with Crippen molar-refractivity contribution in [3.8, 4) is 0 Å². The van der Waals surface area contributed by atoms with Crippen LogP contribution in [0.1, 0.15) is 23.9 Å². The van der Waals surface area contributed by atoms with Gasteiger partial charge in [0.2, 0.25) is 5.78 Å². The summed E-state index contributed by atoms with van der Waals surface area (Å²) in [6.07, 6.45) is 3.29. The normalized spacial score (nSPS) is 12.9. The van der Waals surface area contributed by atoms with Crippen LogP contribution in [0.15, 0.2) is 18.5 Å². The van der Waals surface area contributed by atoms with Gasteiger partial charge in [-0.15, -0.1) is 0 Å². The predicted octanol–water partition coefficient (Wildman–Crippen LogP) is 0.512. The van der Waals surface area contributed by atoms with Crippen molar-refractivity contribution in [3.63, 3.8) is 0 Å². The summed E-state index contributed by atoms with van der Waals surface area (Å²) in [5.74, 6) is -0.387. The molecule has 1 atom stereocenters. The van der Waals surface area contributed by atoms with E-state index in [-0.39, 0.29) is 6.42 Å². The van der Waals surface area contributed by atoms with Crippen LogP contribution >= 0.6 is 0 Å². The number of imidazole rings is 1. The van der Waals surface area contributed by atoms with Crippen molar-refractivity contribution in [2.45, 2.75) is 19.4 Å². The first-order valence-corrected chi connectivity index (χ1v) is 4.86. The summed E-state index contributed by atoms with van der Waals surface area (Å²) in [5, 5.41) is 8.72. The molecule has 84 valence electrons. The Morgan fingerprint density at radius 2 is 2.44 bits per heavy atom. The lowest BCUT2D eigenvalue weighted by molar-refractivity contribution is -0.137. The molecule has 16 heavy (non-hydrogen) atoms. The van der Waals surface area contributed by atoms with Gasteiger partial charge in [0.25, 0.3) is 0 Å². The van der Waals surface area contributed by atoms with Crippen LogP contribution in [-0.2, 0) is 4.79 Å². The van der Waals surface area contributed by atoms with Gasteiger partial charge in [0.1, 0.15) is 0 Å². The van der Waals surface area contributed by atoms with Gasteiger partial charge >= 0.3 is 5.97 Å². The average molecular weight is 220 g/mol. The molecule has 3 N–H and O–H groups in total. The molecule has 0 spiro atoms. The summed E-state index contributed by atoms with van der Waals surface area (Å²) in [6, 6.07) is 1.18. The van der Waals surface area contributed by atoms with E-state index in [1.165, 1.54) is 0 Å². The van der Waals surface area contributed by atoms with Gasteiger partial charge in [-0.25, -0.2) is 9.97 Å². The van der Waals surface area contributed by atoms with Gasteiger partial charge in [-0.2, -0.15) is 0 Å². The Labute approximate surface area is 91.7 Å². The quantitative estimate of drug-likeness (QED) is 0.786. The van der Waals surface area contributed by atoms with Crippen molar-refractivity contribution in [2.24, 2.45) is 5.73 Å². The highest BCUT2D eigenvalue weighted by Crippen LogP contribution is 2.19. The Kier molecular flexibility index (Phi) is 2.57. The SMILES string of the molecule is Cc1nc2ncccn2c1C(N)CC(=O)O. The molecule has 0 saturated heterocycles. The summed E-state index contributed by atoms with van der Waals surface area (Å²) in [4.78, 5) is 18.9. The molecule has 0 bridgehead atoms. The number of carbonyl (C=O) groups is 1. The van der Waals surface area contributed by atoms with Gasteiger partial charge in [-0.05, 0) is 13.0 Å². The zero-order valence-electron chi connectivity index (χ0n) is 8.79. The fourth-order valence-electron chi connectivity index (χ4n) is 1.75. The van der Waals surface area contributed by atoms with Crippen molar-refractivity contribution >= 4 is 11.7 Å². The van der Waals surface area contributed by atoms with Crippen LogP contribution in [0.3, 0.4) is 0 Å². The molecule has 2 rings (SSSR count). The van der Waals surface area contributed by atoms with Gasteiger partial charge in [-0.3, -0.25) is 9.20 Å². The summed E-state index contributed by atoms with van der Waals surface area (Å²) in [7, 11) is 0. The summed E-state index contributed by atoms with van der Waals surface area (Å²) in [5.41, 5.74) is 7.25. The number of aromatic nitrogens is 3. The minimum Gasteiger partial charge on any atom is -0.481 e. The van der Waals surface area contributed by atoms with E-state index in [4.69, 9.17) is 10.8 Å². The van der Waals surface area contributed by atoms with E-state index in [1.54, 1.807) is 29.8 Å². The van der Waals surface area contributed by atoms with E-state index in [2.05, 4.69) is 9.97 Å². The molecular formula is C10H12N4O2. The molecule has 0 saturated carbocycles. The maximum Gasteiger partial charge on any atom is 0.305 e. The highest BCUT2D eigenvalue weighted by Gasteiger charge is 2.18. The third-order valence-electron chi connectivity index (χ3n) is 2.37. The van der Waals surface area contributed by atoms with Crippen molar-refractivity contribution in [3.05, 3.63) is 29.8 Å². The van der Waals surface area contributed by atoms with E-state index < -0.39 is 12.0 Å². The lowest BCUT2D eigenvalue weighted by Gasteiger charge is -2.09. The van der Waals surface area contributed by atoms with Crippen LogP contribution in [0.2, 0.25) is 0 Å². The first kappa shape index (κ1) is 10.6. The molecule has 0 aliphatic rings. The van der Waals surface area contributed by atoms with Crippen molar-refractivity contribution < 1.29 is 9.90 Å². The first-order chi connectivity index (χ1) is 7.59. The second kappa shape index (κ2) is 3.90. The number of nitrogens with two attached hydrogens (primary N) is 1. The molecule has 0 aliphatic heterocycles. The van der Waals surface area contributed by atoms with E-state index in [0.29, 0.717) is 17.2 Å². The Bertz CT molecular complexity index is 535. The number of rotatable bonds is 3. The Morgan fingerprint density at radius 1 is 1.69 bits per heavy atom. The number of aryl methyl sites for hydroxylation is 1. The maximum absolute atomic E-state index is 10.6. The van der Waals surface area contributed by atoms with Gasteiger partial charge in [0.15, 0.2) is 0 Å². The molecule has 0 amide bonds. The smallest absolute Gasteiger partial charge is 0.305 e. The highest BCUT2D eigenvalue weighted by molar-refractivity contribution is 5.68. The molecule has 6 heteroatoms. The summed E-state index contributed by atoms with van der Waals surface area (Å²) < 4.78 is 1.73. The minimum atomic E-state index is -0.925. The van der Waals surface area contributed by atoms with Crippen molar-refractivity contribution in [1.82, 2.24) is 14.4 Å². The monoisotopic (exact) mass is 220 g/mol. The first-order valence-electron chi connectivity index (χ1n) is 4.86. The summed E-state index contributed by atoms with van der Waals surface area (Å²) in [6.45, 7) is 1.80. The fourth-order valence-corrected chi connectivity index (χ4v) is 1.75. The number of hydrogen-bond donors (Lipinski definition) is 2. The maximum atomic E-state index is 10.6. The number of aliphatic carboxylic acids is 1. The van der Waals surface area contributed by atoms with Crippen LogP contribution in [0, 0.1) is 6.92 Å². The fraction of sp³-hybridized carbons (Fsp3) is 0.300. The predicted molar refractivity (Wildman–Crippen MR) is 56.9 cm³/mol. The van der Waals surface area contributed by atoms with E-state index in [1.807, 2.05) is 0 Å². The lowest BCUT2D eigenvalue weighted by Crippen LogP contribution is -2.17. The van der Waals surface area contributed by atoms with Crippen LogP contribution < -0.4 is 5.73 Å². The minimum absolute atomic E-state index is 0.122. The number of carboxylic acids is 1.